The van der Waals surface area contributed by atoms with Gasteiger partial charge in [-0.3, -0.25) is 14.5 Å². The van der Waals surface area contributed by atoms with Gasteiger partial charge in [0.1, 0.15) is 6.54 Å². The summed E-state index contributed by atoms with van der Waals surface area (Å²) < 4.78 is 8.68. The number of carbonyl (C=O) groups excluding carboxylic acids is 1. The van der Waals surface area contributed by atoms with Crippen molar-refractivity contribution in [1.82, 2.24) is 24.6 Å². The molecule has 8 nitrogen and oxygen atoms in total. The predicted molar refractivity (Wildman–Crippen MR) is 129 cm³/mol. The summed E-state index contributed by atoms with van der Waals surface area (Å²) in [5, 5.41) is 9.26. The van der Waals surface area contributed by atoms with E-state index in [1.54, 1.807) is 6.20 Å². The largest absolute Gasteiger partial charge is 0.379 e. The third kappa shape index (κ3) is 5.46. The van der Waals surface area contributed by atoms with Crippen LogP contribution in [0.15, 0.2) is 35.3 Å². The summed E-state index contributed by atoms with van der Waals surface area (Å²) in [4.78, 5) is 27.9. The summed E-state index contributed by atoms with van der Waals surface area (Å²) in [5.74, 6) is -0.210. The highest BCUT2D eigenvalue weighted by Gasteiger charge is 2.17. The number of aromatic nitrogens is 3. The van der Waals surface area contributed by atoms with Crippen LogP contribution in [0.25, 0.3) is 10.8 Å². The summed E-state index contributed by atoms with van der Waals surface area (Å²) in [6.45, 7) is 9.32. The molecule has 1 fully saturated rings. The highest BCUT2D eigenvalue weighted by molar-refractivity contribution is 6.30. The van der Waals surface area contributed by atoms with E-state index in [0.717, 1.165) is 61.6 Å². The fraction of sp³-hybridized carbons (Fsp3) is 0.458. The van der Waals surface area contributed by atoms with Crippen molar-refractivity contribution >= 4 is 28.3 Å². The second kappa shape index (κ2) is 10.5. The molecule has 0 unspecified atom stereocenters. The minimum absolute atomic E-state index is 0.0930. The molecule has 0 saturated carbocycles. The van der Waals surface area contributed by atoms with Gasteiger partial charge in [-0.1, -0.05) is 23.7 Å². The zero-order chi connectivity index (χ0) is 23.4. The maximum atomic E-state index is 13.2. The van der Waals surface area contributed by atoms with Crippen LogP contribution < -0.4 is 10.9 Å². The van der Waals surface area contributed by atoms with E-state index in [-0.39, 0.29) is 18.0 Å². The normalized spacial score (nSPS) is 14.6. The molecule has 33 heavy (non-hydrogen) atoms. The summed E-state index contributed by atoms with van der Waals surface area (Å²) in [6, 6.07) is 7.69. The fourth-order valence-electron chi connectivity index (χ4n) is 4.36. The van der Waals surface area contributed by atoms with E-state index in [4.69, 9.17) is 16.3 Å². The van der Waals surface area contributed by atoms with Crippen LogP contribution in [-0.2, 0) is 22.6 Å². The molecule has 0 aliphatic carbocycles. The van der Waals surface area contributed by atoms with Gasteiger partial charge in [-0.2, -0.15) is 5.10 Å². The average Bonchev–Trinajstić information content (AvgIpc) is 3.04. The quantitative estimate of drug-likeness (QED) is 0.510. The van der Waals surface area contributed by atoms with Gasteiger partial charge in [0.25, 0.3) is 5.56 Å². The lowest BCUT2D eigenvalue weighted by Gasteiger charge is -2.26. The van der Waals surface area contributed by atoms with Gasteiger partial charge >= 0.3 is 0 Å². The number of amides is 1. The van der Waals surface area contributed by atoms with Gasteiger partial charge in [-0.05, 0) is 44.5 Å². The second-order valence-electron chi connectivity index (χ2n) is 8.44. The molecule has 3 aromatic rings. The van der Waals surface area contributed by atoms with Gasteiger partial charge in [-0.25, -0.2) is 4.68 Å². The van der Waals surface area contributed by atoms with Gasteiger partial charge in [0, 0.05) is 48.0 Å². The predicted octanol–water partition coefficient (Wildman–Crippen LogP) is 2.36. The highest BCUT2D eigenvalue weighted by atomic mass is 35.5. The molecule has 176 valence electrons. The van der Waals surface area contributed by atoms with Crippen molar-refractivity contribution < 1.29 is 9.53 Å². The van der Waals surface area contributed by atoms with Gasteiger partial charge in [-0.15, -0.1) is 0 Å². The molecule has 2 aromatic heterocycles. The molecular weight excluding hydrogens is 442 g/mol. The van der Waals surface area contributed by atoms with Crippen molar-refractivity contribution in [3.8, 4) is 0 Å². The SMILES string of the molecule is Cc1c2cnn(CC(=O)NCCCN3CCOCC3)c(=O)c2c(C)n1Cc1cccc(Cl)c1. The number of aryl methyl sites for hydroxylation is 2. The Hall–Kier alpha value is -2.68. The van der Waals surface area contributed by atoms with Crippen molar-refractivity contribution in [2.75, 3.05) is 39.4 Å². The molecule has 1 N–H and O–H groups in total. The number of hydrogen-bond donors (Lipinski definition) is 1. The van der Waals surface area contributed by atoms with Crippen molar-refractivity contribution in [2.45, 2.75) is 33.4 Å². The first kappa shape index (κ1) is 23.5. The molecule has 0 spiro atoms. The van der Waals surface area contributed by atoms with Crippen LogP contribution in [-0.4, -0.2) is 64.5 Å². The number of rotatable bonds is 8. The Labute approximate surface area is 198 Å². The number of carbonyl (C=O) groups is 1. The van der Waals surface area contributed by atoms with Crippen molar-refractivity contribution in [3.63, 3.8) is 0 Å². The topological polar surface area (TPSA) is 81.4 Å². The summed E-state index contributed by atoms with van der Waals surface area (Å²) in [6.07, 6.45) is 2.54. The molecule has 1 amide bonds. The highest BCUT2D eigenvalue weighted by Crippen LogP contribution is 2.23. The minimum Gasteiger partial charge on any atom is -0.379 e. The number of nitrogens with zero attached hydrogens (tertiary/aromatic N) is 4. The fourth-order valence-corrected chi connectivity index (χ4v) is 4.57. The minimum atomic E-state index is -0.249. The van der Waals surface area contributed by atoms with E-state index in [1.807, 2.05) is 38.1 Å². The van der Waals surface area contributed by atoms with E-state index in [9.17, 15) is 9.59 Å². The molecule has 9 heteroatoms. The van der Waals surface area contributed by atoms with Crippen molar-refractivity contribution in [2.24, 2.45) is 0 Å². The Kier molecular flexibility index (Phi) is 7.47. The number of benzene rings is 1. The Morgan fingerprint density at radius 1 is 1.21 bits per heavy atom. The first-order valence-corrected chi connectivity index (χ1v) is 11.7. The average molecular weight is 472 g/mol. The first-order chi connectivity index (χ1) is 15.9. The number of hydrogen-bond acceptors (Lipinski definition) is 5. The third-order valence-electron chi connectivity index (χ3n) is 6.21. The van der Waals surface area contributed by atoms with Crippen LogP contribution in [0.3, 0.4) is 0 Å². The zero-order valence-corrected chi connectivity index (χ0v) is 19.9. The van der Waals surface area contributed by atoms with Crippen molar-refractivity contribution in [1.29, 1.82) is 0 Å². The smallest absolute Gasteiger partial charge is 0.276 e. The van der Waals surface area contributed by atoms with Gasteiger partial charge in [0.05, 0.1) is 24.8 Å². The standard InChI is InChI=1S/C24H30ClN5O3/c1-17-21-14-27-30(16-22(31)26-7-4-8-28-9-11-33-12-10-28)24(32)23(21)18(2)29(17)15-19-5-3-6-20(25)13-19/h3,5-6,13-14H,4,7-12,15-16H2,1-2H3,(H,26,31). The Morgan fingerprint density at radius 2 is 2.00 bits per heavy atom. The second-order valence-corrected chi connectivity index (χ2v) is 8.88. The van der Waals surface area contributed by atoms with Crippen LogP contribution in [0.1, 0.15) is 23.4 Å². The van der Waals surface area contributed by atoms with E-state index < -0.39 is 0 Å². The number of morpholine rings is 1. The number of fused-ring (bicyclic) bond motifs is 1. The maximum absolute atomic E-state index is 13.2. The van der Waals surface area contributed by atoms with Gasteiger partial charge in [0.2, 0.25) is 5.91 Å². The van der Waals surface area contributed by atoms with E-state index in [0.29, 0.717) is 23.5 Å². The summed E-state index contributed by atoms with van der Waals surface area (Å²) in [5.41, 5.74) is 2.63. The monoisotopic (exact) mass is 471 g/mol. The number of halogens is 1. The molecule has 0 bridgehead atoms. The Balaban J connectivity index is 1.43. The molecule has 4 rings (SSSR count). The van der Waals surface area contributed by atoms with Crippen LogP contribution >= 0.6 is 11.6 Å². The third-order valence-corrected chi connectivity index (χ3v) is 6.44. The van der Waals surface area contributed by atoms with E-state index in [1.165, 1.54) is 4.68 Å². The molecule has 1 saturated heterocycles. The molecule has 0 radical (unpaired) electrons. The lowest BCUT2D eigenvalue weighted by Crippen LogP contribution is -2.39. The van der Waals surface area contributed by atoms with Crippen LogP contribution in [0.4, 0.5) is 0 Å². The number of nitrogens with one attached hydrogen (secondary N) is 1. The van der Waals surface area contributed by atoms with Crippen molar-refractivity contribution in [3.05, 3.63) is 62.8 Å². The summed E-state index contributed by atoms with van der Waals surface area (Å²) >= 11 is 6.13. The molecule has 0 atom stereocenters. The van der Waals surface area contributed by atoms with E-state index >= 15 is 0 Å². The van der Waals surface area contributed by atoms with Crippen LogP contribution in [0, 0.1) is 13.8 Å². The first-order valence-electron chi connectivity index (χ1n) is 11.3. The Morgan fingerprint density at radius 3 is 2.76 bits per heavy atom. The maximum Gasteiger partial charge on any atom is 0.276 e. The molecule has 1 aromatic carbocycles. The van der Waals surface area contributed by atoms with Crippen LogP contribution in [0.5, 0.6) is 0 Å². The lowest BCUT2D eigenvalue weighted by atomic mass is 10.2. The molecular formula is C24H30ClN5O3. The molecule has 1 aliphatic rings. The zero-order valence-electron chi connectivity index (χ0n) is 19.1. The number of ether oxygens (including phenoxy) is 1. The van der Waals surface area contributed by atoms with Crippen LogP contribution in [0.2, 0.25) is 5.02 Å². The van der Waals surface area contributed by atoms with E-state index in [2.05, 4.69) is 19.9 Å². The van der Waals surface area contributed by atoms with Gasteiger partial charge in [0.15, 0.2) is 0 Å². The lowest BCUT2D eigenvalue weighted by molar-refractivity contribution is -0.121. The molecule has 3 heterocycles. The summed E-state index contributed by atoms with van der Waals surface area (Å²) in [7, 11) is 0. The molecule has 1 aliphatic heterocycles. The van der Waals surface area contributed by atoms with Gasteiger partial charge < -0.3 is 14.6 Å². The Bertz CT molecular complexity index is 1200.